The normalized spacial score (nSPS) is 39.5. The molecular weight excluding hydrogens is 224 g/mol. The van der Waals surface area contributed by atoms with Crippen LogP contribution in [0.25, 0.3) is 0 Å². The molecule has 1 saturated heterocycles. The van der Waals surface area contributed by atoms with Gasteiger partial charge in [0.05, 0.1) is 6.10 Å². The van der Waals surface area contributed by atoms with Crippen LogP contribution in [0.5, 0.6) is 0 Å². The van der Waals surface area contributed by atoms with Crippen LogP contribution in [0.1, 0.15) is 19.8 Å². The van der Waals surface area contributed by atoms with E-state index in [0.717, 1.165) is 0 Å². The Kier molecular flexibility index (Phi) is 2.86. The smallest absolute Gasteiger partial charge is 0.427 e. The van der Waals surface area contributed by atoms with E-state index in [-0.39, 0.29) is 0 Å². The topological polar surface area (TPSA) is 76.0 Å². The number of hydrogen-bond donors (Lipinski definition) is 2. The van der Waals surface area contributed by atoms with E-state index < -0.39 is 30.1 Å². The van der Waals surface area contributed by atoms with Gasteiger partial charge in [0.15, 0.2) is 11.7 Å². The fourth-order valence-corrected chi connectivity index (χ4v) is 2.07. The highest BCUT2D eigenvalue weighted by Crippen LogP contribution is 2.36. The lowest BCUT2D eigenvalue weighted by Gasteiger charge is -2.37. The van der Waals surface area contributed by atoms with E-state index in [9.17, 15) is 15.0 Å². The summed E-state index contributed by atoms with van der Waals surface area (Å²) in [5, 5.41) is 20.2. The fourth-order valence-electron chi connectivity index (χ4n) is 2.07. The molecule has 5 nitrogen and oxygen atoms in total. The standard InChI is InChI=1S/C12H14O5/c1-7(2)5-6-12(15)9(13)4-3-8-10(12)17-11(14)16-8/h8-10,13,15H,1,3-4H2,2H3/t8-,9+,10-,12-/m1/s1. The van der Waals surface area contributed by atoms with E-state index in [0.29, 0.717) is 18.4 Å². The number of aliphatic hydroxyl groups excluding tert-OH is 1. The Morgan fingerprint density at radius 1 is 1.53 bits per heavy atom. The van der Waals surface area contributed by atoms with Crippen molar-refractivity contribution in [2.24, 2.45) is 0 Å². The molecule has 92 valence electrons. The predicted octanol–water partition coefficient (Wildman–Crippen LogP) is 0.356. The van der Waals surface area contributed by atoms with Gasteiger partial charge in [0.1, 0.15) is 6.10 Å². The van der Waals surface area contributed by atoms with Gasteiger partial charge in [-0.2, -0.15) is 0 Å². The monoisotopic (exact) mass is 238 g/mol. The summed E-state index contributed by atoms with van der Waals surface area (Å²) < 4.78 is 9.77. The Labute approximate surface area is 99.0 Å². The van der Waals surface area contributed by atoms with E-state index in [4.69, 9.17) is 9.47 Å². The van der Waals surface area contributed by atoms with E-state index in [2.05, 4.69) is 18.4 Å². The average Bonchev–Trinajstić information content (AvgIpc) is 2.63. The molecule has 2 fully saturated rings. The predicted molar refractivity (Wildman–Crippen MR) is 57.9 cm³/mol. The quantitative estimate of drug-likeness (QED) is 0.470. The summed E-state index contributed by atoms with van der Waals surface area (Å²) in [5.74, 6) is 5.15. The number of fused-ring (bicyclic) bond motifs is 1. The van der Waals surface area contributed by atoms with Gasteiger partial charge in [0.2, 0.25) is 0 Å². The minimum Gasteiger partial charge on any atom is -0.427 e. The number of rotatable bonds is 0. The van der Waals surface area contributed by atoms with Crippen LogP contribution in [-0.4, -0.2) is 40.3 Å². The number of aliphatic hydroxyl groups is 2. The lowest BCUT2D eigenvalue weighted by atomic mass is 9.78. The second-order valence-corrected chi connectivity index (χ2v) is 4.39. The van der Waals surface area contributed by atoms with Gasteiger partial charge in [-0.1, -0.05) is 18.4 Å². The molecule has 0 aromatic heterocycles. The molecule has 5 heteroatoms. The van der Waals surface area contributed by atoms with Crippen LogP contribution in [0, 0.1) is 11.8 Å². The van der Waals surface area contributed by atoms with Crippen molar-refractivity contribution in [2.75, 3.05) is 0 Å². The zero-order chi connectivity index (χ0) is 12.6. The molecule has 1 aliphatic heterocycles. The largest absolute Gasteiger partial charge is 0.509 e. The highest BCUT2D eigenvalue weighted by molar-refractivity contribution is 5.63. The number of ether oxygens (including phenoxy) is 2. The first-order chi connectivity index (χ1) is 7.93. The fraction of sp³-hybridized carbons (Fsp3) is 0.583. The van der Waals surface area contributed by atoms with Crippen LogP contribution in [-0.2, 0) is 9.47 Å². The molecule has 0 unspecified atom stereocenters. The molecule has 0 amide bonds. The Morgan fingerprint density at radius 3 is 2.88 bits per heavy atom. The van der Waals surface area contributed by atoms with Crippen molar-refractivity contribution >= 4 is 6.16 Å². The molecule has 0 bridgehead atoms. The van der Waals surface area contributed by atoms with Crippen molar-refractivity contribution in [3.05, 3.63) is 12.2 Å². The van der Waals surface area contributed by atoms with Crippen molar-refractivity contribution in [3.8, 4) is 11.8 Å². The molecule has 0 spiro atoms. The van der Waals surface area contributed by atoms with Gasteiger partial charge in [-0.25, -0.2) is 4.79 Å². The van der Waals surface area contributed by atoms with Crippen LogP contribution in [0.4, 0.5) is 4.79 Å². The molecule has 0 aromatic rings. The SMILES string of the molecule is C=C(C)C#C[C@]1(O)[C@@H]2OC(=O)O[C@@H]2CC[C@@H]1O. The molecule has 1 aliphatic carbocycles. The van der Waals surface area contributed by atoms with Crippen molar-refractivity contribution in [1.29, 1.82) is 0 Å². The van der Waals surface area contributed by atoms with Crippen molar-refractivity contribution < 1.29 is 24.5 Å². The summed E-state index contributed by atoms with van der Waals surface area (Å²) in [7, 11) is 0. The summed E-state index contributed by atoms with van der Waals surface area (Å²) in [6, 6.07) is 0. The Morgan fingerprint density at radius 2 is 2.24 bits per heavy atom. The summed E-state index contributed by atoms with van der Waals surface area (Å²) >= 11 is 0. The third kappa shape index (κ3) is 2.02. The van der Waals surface area contributed by atoms with Gasteiger partial charge in [-0.05, 0) is 25.3 Å². The number of hydrogen-bond acceptors (Lipinski definition) is 5. The van der Waals surface area contributed by atoms with Gasteiger partial charge in [-0.15, -0.1) is 0 Å². The van der Waals surface area contributed by atoms with Gasteiger partial charge < -0.3 is 19.7 Å². The lowest BCUT2D eigenvalue weighted by molar-refractivity contribution is -0.134. The zero-order valence-corrected chi connectivity index (χ0v) is 9.47. The highest BCUT2D eigenvalue weighted by atomic mass is 16.8. The Balaban J connectivity index is 2.32. The van der Waals surface area contributed by atoms with Crippen LogP contribution < -0.4 is 0 Å². The third-order valence-electron chi connectivity index (χ3n) is 2.95. The molecule has 0 aromatic carbocycles. The number of carbonyl (C=O) groups is 1. The maximum absolute atomic E-state index is 11.0. The first-order valence-corrected chi connectivity index (χ1v) is 5.40. The molecule has 2 rings (SSSR count). The van der Waals surface area contributed by atoms with Crippen molar-refractivity contribution in [2.45, 2.75) is 43.7 Å². The first-order valence-electron chi connectivity index (χ1n) is 5.40. The molecule has 1 heterocycles. The van der Waals surface area contributed by atoms with Crippen LogP contribution in [0.3, 0.4) is 0 Å². The van der Waals surface area contributed by atoms with Crippen molar-refractivity contribution in [1.82, 2.24) is 0 Å². The van der Waals surface area contributed by atoms with Gasteiger partial charge in [0.25, 0.3) is 0 Å². The minimum atomic E-state index is -1.78. The van der Waals surface area contributed by atoms with Gasteiger partial charge >= 0.3 is 6.16 Å². The van der Waals surface area contributed by atoms with Crippen molar-refractivity contribution in [3.63, 3.8) is 0 Å². The Bertz CT molecular complexity index is 418. The average molecular weight is 238 g/mol. The van der Waals surface area contributed by atoms with Crippen LogP contribution >= 0.6 is 0 Å². The molecule has 4 atom stereocenters. The molecular formula is C12H14O5. The van der Waals surface area contributed by atoms with E-state index in [1.165, 1.54) is 0 Å². The second-order valence-electron chi connectivity index (χ2n) is 4.39. The minimum absolute atomic E-state index is 0.305. The molecule has 1 saturated carbocycles. The van der Waals surface area contributed by atoms with Gasteiger partial charge in [-0.3, -0.25) is 0 Å². The molecule has 17 heavy (non-hydrogen) atoms. The molecule has 2 aliphatic rings. The second kappa shape index (κ2) is 4.06. The van der Waals surface area contributed by atoms with Gasteiger partial charge in [0, 0.05) is 0 Å². The third-order valence-corrected chi connectivity index (χ3v) is 2.95. The zero-order valence-electron chi connectivity index (χ0n) is 9.47. The molecule has 2 N–H and O–H groups in total. The highest BCUT2D eigenvalue weighted by Gasteiger charge is 2.57. The van der Waals surface area contributed by atoms with E-state index >= 15 is 0 Å². The molecule has 0 radical (unpaired) electrons. The summed E-state index contributed by atoms with van der Waals surface area (Å²) in [4.78, 5) is 11.0. The lowest BCUT2D eigenvalue weighted by Crippen LogP contribution is -2.58. The Hall–Kier alpha value is -1.51. The van der Waals surface area contributed by atoms with E-state index in [1.54, 1.807) is 6.92 Å². The van der Waals surface area contributed by atoms with Crippen LogP contribution in [0.2, 0.25) is 0 Å². The van der Waals surface area contributed by atoms with E-state index in [1.807, 2.05) is 0 Å². The van der Waals surface area contributed by atoms with Crippen LogP contribution in [0.15, 0.2) is 12.2 Å². The number of allylic oxidation sites excluding steroid dienone is 1. The summed E-state index contributed by atoms with van der Waals surface area (Å²) in [6.07, 6.45) is -2.62. The summed E-state index contributed by atoms with van der Waals surface area (Å²) in [6.45, 7) is 5.27. The maximum atomic E-state index is 11.0. The number of carbonyl (C=O) groups excluding carboxylic acids is 1. The maximum Gasteiger partial charge on any atom is 0.509 e. The first kappa shape index (κ1) is 12.0. The summed E-state index contributed by atoms with van der Waals surface area (Å²) in [5.41, 5.74) is -1.23.